The van der Waals surface area contributed by atoms with E-state index < -0.39 is 6.10 Å². The number of carbonyl (C=O) groups excluding carboxylic acids is 1. The maximum atomic E-state index is 12.0. The Kier molecular flexibility index (Phi) is 4.80. The third kappa shape index (κ3) is 3.96. The van der Waals surface area contributed by atoms with E-state index in [1.165, 1.54) is 19.3 Å². The van der Waals surface area contributed by atoms with Gasteiger partial charge in [0.15, 0.2) is 0 Å². The van der Waals surface area contributed by atoms with Gasteiger partial charge in [-0.2, -0.15) is 0 Å². The lowest BCUT2D eigenvalue weighted by molar-refractivity contribution is 0.200. The molecule has 4 heteroatoms. The summed E-state index contributed by atoms with van der Waals surface area (Å²) >= 11 is 0. The molecule has 3 N–H and O–H groups in total. The Labute approximate surface area is 114 Å². The van der Waals surface area contributed by atoms with E-state index >= 15 is 0 Å². The van der Waals surface area contributed by atoms with Crippen molar-refractivity contribution in [3.8, 4) is 0 Å². The van der Waals surface area contributed by atoms with Crippen LogP contribution in [0.5, 0.6) is 0 Å². The van der Waals surface area contributed by atoms with Crippen molar-refractivity contribution in [1.82, 2.24) is 5.32 Å². The van der Waals surface area contributed by atoms with E-state index in [9.17, 15) is 9.90 Å². The van der Waals surface area contributed by atoms with E-state index in [0.29, 0.717) is 5.69 Å². The summed E-state index contributed by atoms with van der Waals surface area (Å²) in [5.74, 6) is 0. The highest BCUT2D eigenvalue weighted by Gasteiger charge is 2.16. The zero-order valence-corrected chi connectivity index (χ0v) is 11.4. The molecule has 1 aromatic carbocycles. The highest BCUT2D eigenvalue weighted by Crippen LogP contribution is 2.22. The average Bonchev–Trinajstić information content (AvgIpc) is 2.40. The molecule has 4 nitrogen and oxygen atoms in total. The number of hydrogen-bond donors (Lipinski definition) is 3. The van der Waals surface area contributed by atoms with Gasteiger partial charge in [0.25, 0.3) is 0 Å². The molecule has 1 aliphatic rings. The molecule has 2 amide bonds. The number of aliphatic hydroxyl groups is 1. The van der Waals surface area contributed by atoms with E-state index in [4.69, 9.17) is 0 Å². The highest BCUT2D eigenvalue weighted by molar-refractivity contribution is 5.90. The molecule has 1 aromatic rings. The molecule has 1 unspecified atom stereocenters. The maximum Gasteiger partial charge on any atom is 0.319 e. The molecule has 1 fully saturated rings. The van der Waals surface area contributed by atoms with Crippen molar-refractivity contribution < 1.29 is 9.90 Å². The second-order valence-electron chi connectivity index (χ2n) is 5.20. The maximum absolute atomic E-state index is 12.0. The van der Waals surface area contributed by atoms with E-state index in [1.54, 1.807) is 6.92 Å². The van der Waals surface area contributed by atoms with Crippen LogP contribution in [0, 0.1) is 0 Å². The number of nitrogens with one attached hydrogen (secondary N) is 2. The van der Waals surface area contributed by atoms with Crippen LogP contribution in [0.1, 0.15) is 50.7 Å². The van der Waals surface area contributed by atoms with Crippen LogP contribution in [-0.4, -0.2) is 17.2 Å². The number of amides is 2. The van der Waals surface area contributed by atoms with Gasteiger partial charge < -0.3 is 15.7 Å². The van der Waals surface area contributed by atoms with Gasteiger partial charge in [-0.1, -0.05) is 37.5 Å². The molecule has 0 bridgehead atoms. The predicted octanol–water partition coefficient (Wildman–Crippen LogP) is 3.19. The summed E-state index contributed by atoms with van der Waals surface area (Å²) in [5, 5.41) is 15.5. The minimum Gasteiger partial charge on any atom is -0.389 e. The number of para-hydroxylation sites is 1. The van der Waals surface area contributed by atoms with Gasteiger partial charge in [0.05, 0.1) is 6.10 Å². The minimum atomic E-state index is -0.591. The third-order valence-corrected chi connectivity index (χ3v) is 3.60. The number of hydrogen-bond acceptors (Lipinski definition) is 2. The largest absolute Gasteiger partial charge is 0.389 e. The Bertz CT molecular complexity index is 426. The Morgan fingerprint density at radius 3 is 2.63 bits per heavy atom. The molecule has 0 saturated heterocycles. The van der Waals surface area contributed by atoms with Gasteiger partial charge in [-0.25, -0.2) is 4.79 Å². The fourth-order valence-corrected chi connectivity index (χ4v) is 2.57. The van der Waals surface area contributed by atoms with Gasteiger partial charge in [-0.15, -0.1) is 0 Å². The van der Waals surface area contributed by atoms with Gasteiger partial charge in [-0.05, 0) is 25.8 Å². The van der Waals surface area contributed by atoms with E-state index in [2.05, 4.69) is 10.6 Å². The number of rotatable bonds is 3. The topological polar surface area (TPSA) is 61.4 Å². The number of benzene rings is 1. The molecule has 0 radical (unpaired) electrons. The Morgan fingerprint density at radius 2 is 1.95 bits per heavy atom. The van der Waals surface area contributed by atoms with Crippen molar-refractivity contribution in [2.45, 2.75) is 51.2 Å². The van der Waals surface area contributed by atoms with Crippen molar-refractivity contribution in [3.63, 3.8) is 0 Å². The van der Waals surface area contributed by atoms with E-state index in [0.717, 1.165) is 18.4 Å². The molecule has 0 heterocycles. The van der Waals surface area contributed by atoms with Crippen LogP contribution < -0.4 is 10.6 Å². The van der Waals surface area contributed by atoms with Crippen LogP contribution in [0.4, 0.5) is 10.5 Å². The lowest BCUT2D eigenvalue weighted by Crippen LogP contribution is -2.39. The molecule has 1 aliphatic carbocycles. The molecule has 2 rings (SSSR count). The summed E-state index contributed by atoms with van der Waals surface area (Å²) in [6, 6.07) is 7.44. The molecule has 0 aliphatic heterocycles. The van der Waals surface area contributed by atoms with Crippen LogP contribution in [0.3, 0.4) is 0 Å². The van der Waals surface area contributed by atoms with Crippen molar-refractivity contribution in [2.75, 3.05) is 5.32 Å². The number of carbonyl (C=O) groups is 1. The number of anilines is 1. The lowest BCUT2D eigenvalue weighted by atomic mass is 9.96. The molecule has 104 valence electrons. The van der Waals surface area contributed by atoms with Crippen molar-refractivity contribution in [3.05, 3.63) is 29.8 Å². The normalized spacial score (nSPS) is 17.8. The predicted molar refractivity (Wildman–Crippen MR) is 76.1 cm³/mol. The Hall–Kier alpha value is -1.55. The summed E-state index contributed by atoms with van der Waals surface area (Å²) in [4.78, 5) is 12.0. The quantitative estimate of drug-likeness (QED) is 0.783. The van der Waals surface area contributed by atoms with Crippen LogP contribution in [0.2, 0.25) is 0 Å². The first-order valence-electron chi connectivity index (χ1n) is 7.01. The summed E-state index contributed by atoms with van der Waals surface area (Å²) < 4.78 is 0. The van der Waals surface area contributed by atoms with Gasteiger partial charge in [0.2, 0.25) is 0 Å². The monoisotopic (exact) mass is 262 g/mol. The number of urea groups is 1. The Morgan fingerprint density at radius 1 is 1.26 bits per heavy atom. The first-order valence-corrected chi connectivity index (χ1v) is 7.01. The zero-order chi connectivity index (χ0) is 13.7. The SMILES string of the molecule is CC(O)c1ccccc1NC(=O)NC1CCCCC1. The van der Waals surface area contributed by atoms with Gasteiger partial charge in [0, 0.05) is 17.3 Å². The van der Waals surface area contributed by atoms with Crippen molar-refractivity contribution in [1.29, 1.82) is 0 Å². The molecule has 1 saturated carbocycles. The number of aliphatic hydroxyl groups excluding tert-OH is 1. The fourth-order valence-electron chi connectivity index (χ4n) is 2.57. The average molecular weight is 262 g/mol. The van der Waals surface area contributed by atoms with E-state index in [1.807, 2.05) is 24.3 Å². The molecular formula is C15H22N2O2. The highest BCUT2D eigenvalue weighted by atomic mass is 16.3. The van der Waals surface area contributed by atoms with Crippen molar-refractivity contribution >= 4 is 11.7 Å². The smallest absolute Gasteiger partial charge is 0.319 e. The zero-order valence-electron chi connectivity index (χ0n) is 11.4. The molecule has 0 aromatic heterocycles. The Balaban J connectivity index is 1.94. The standard InChI is InChI=1S/C15H22N2O2/c1-11(18)13-9-5-6-10-14(13)17-15(19)16-12-7-3-2-4-8-12/h5-6,9-12,18H,2-4,7-8H2,1H3,(H2,16,17,19). The van der Waals surface area contributed by atoms with E-state index in [-0.39, 0.29) is 12.1 Å². The van der Waals surface area contributed by atoms with Crippen LogP contribution in [0.25, 0.3) is 0 Å². The van der Waals surface area contributed by atoms with Crippen molar-refractivity contribution in [2.24, 2.45) is 0 Å². The van der Waals surface area contributed by atoms with Crippen LogP contribution in [0.15, 0.2) is 24.3 Å². The molecule has 19 heavy (non-hydrogen) atoms. The summed E-state index contributed by atoms with van der Waals surface area (Å²) in [7, 11) is 0. The van der Waals surface area contributed by atoms with Crippen LogP contribution in [-0.2, 0) is 0 Å². The molecule has 0 spiro atoms. The molecular weight excluding hydrogens is 240 g/mol. The van der Waals surface area contributed by atoms with Gasteiger partial charge in [-0.3, -0.25) is 0 Å². The van der Waals surface area contributed by atoms with Gasteiger partial charge >= 0.3 is 6.03 Å². The fraction of sp³-hybridized carbons (Fsp3) is 0.533. The lowest BCUT2D eigenvalue weighted by Gasteiger charge is -2.23. The summed E-state index contributed by atoms with van der Waals surface area (Å²) in [6.45, 7) is 1.69. The summed E-state index contributed by atoms with van der Waals surface area (Å²) in [6.07, 6.45) is 5.18. The third-order valence-electron chi connectivity index (χ3n) is 3.60. The first-order chi connectivity index (χ1) is 9.16. The van der Waals surface area contributed by atoms with Gasteiger partial charge in [0.1, 0.15) is 0 Å². The first kappa shape index (κ1) is 13.9. The second kappa shape index (κ2) is 6.57. The molecule has 1 atom stereocenters. The van der Waals surface area contributed by atoms with Crippen LogP contribution >= 0.6 is 0 Å². The minimum absolute atomic E-state index is 0.181. The summed E-state index contributed by atoms with van der Waals surface area (Å²) in [5.41, 5.74) is 1.41. The second-order valence-corrected chi connectivity index (χ2v) is 5.20.